The summed E-state index contributed by atoms with van der Waals surface area (Å²) in [4.78, 5) is 10.2. The van der Waals surface area contributed by atoms with E-state index >= 15 is 0 Å². The molecule has 94 valence electrons. The van der Waals surface area contributed by atoms with Crippen LogP contribution in [0.4, 0.5) is 0 Å². The van der Waals surface area contributed by atoms with Crippen molar-refractivity contribution < 1.29 is 0 Å². The Kier molecular flexibility index (Phi) is 4.45. The fourth-order valence-electron chi connectivity index (χ4n) is 1.77. The molecule has 1 N–H and O–H groups in total. The molecule has 1 atom stereocenters. The number of aromatic nitrogens is 1. The Bertz CT molecular complexity index is 398. The van der Waals surface area contributed by atoms with Gasteiger partial charge in [-0.2, -0.15) is 0 Å². The van der Waals surface area contributed by atoms with Crippen molar-refractivity contribution in [1.29, 1.82) is 0 Å². The van der Waals surface area contributed by atoms with Gasteiger partial charge in [-0.05, 0) is 19.3 Å². The van der Waals surface area contributed by atoms with Gasteiger partial charge in [-0.3, -0.25) is 4.99 Å². The van der Waals surface area contributed by atoms with E-state index in [9.17, 15) is 0 Å². The number of amidine groups is 1. The first-order valence-electron chi connectivity index (χ1n) is 5.99. The molecule has 0 aliphatic carbocycles. The Labute approximate surface area is 111 Å². The molecule has 1 saturated heterocycles. The summed E-state index contributed by atoms with van der Waals surface area (Å²) in [6.45, 7) is 7.33. The molecule has 2 heterocycles. The molecule has 1 aromatic heterocycles. The number of hydrogen-bond donors (Lipinski definition) is 1. The fourth-order valence-corrected chi connectivity index (χ4v) is 3.42. The maximum absolute atomic E-state index is 4.66. The smallest absolute Gasteiger partial charge is 0.157 e. The van der Waals surface area contributed by atoms with Crippen LogP contribution in [-0.2, 0) is 6.54 Å². The third kappa shape index (κ3) is 3.45. The number of nitrogens with zero attached hydrogens (tertiary/aromatic N) is 2. The van der Waals surface area contributed by atoms with Crippen molar-refractivity contribution in [3.8, 4) is 0 Å². The van der Waals surface area contributed by atoms with Crippen LogP contribution < -0.4 is 5.32 Å². The lowest BCUT2D eigenvalue weighted by Gasteiger charge is -2.28. The van der Waals surface area contributed by atoms with Gasteiger partial charge in [-0.25, -0.2) is 4.98 Å². The normalized spacial score (nSPS) is 23.1. The first-order valence-corrected chi connectivity index (χ1v) is 7.86. The van der Waals surface area contributed by atoms with Crippen LogP contribution in [0.3, 0.4) is 0 Å². The molecule has 3 nitrogen and oxygen atoms in total. The van der Waals surface area contributed by atoms with Gasteiger partial charge in [0.2, 0.25) is 0 Å². The van der Waals surface area contributed by atoms with E-state index in [0.717, 1.165) is 17.4 Å². The van der Waals surface area contributed by atoms with Crippen molar-refractivity contribution in [2.45, 2.75) is 39.8 Å². The SMILES string of the molecule is Cc1ncsc1CN=C1NC(C(C)C)CCS1. The van der Waals surface area contributed by atoms with E-state index in [0.29, 0.717) is 12.0 Å². The zero-order chi connectivity index (χ0) is 12.3. The van der Waals surface area contributed by atoms with Gasteiger partial charge in [0, 0.05) is 16.7 Å². The van der Waals surface area contributed by atoms with Gasteiger partial charge < -0.3 is 5.32 Å². The average Bonchev–Trinajstić information content (AvgIpc) is 2.72. The highest BCUT2D eigenvalue weighted by molar-refractivity contribution is 8.13. The molecule has 1 fully saturated rings. The number of thiazole rings is 1. The van der Waals surface area contributed by atoms with Crippen LogP contribution >= 0.6 is 23.1 Å². The molecule has 0 saturated carbocycles. The summed E-state index contributed by atoms with van der Waals surface area (Å²) < 4.78 is 0. The number of aliphatic imine (C=N–C) groups is 1. The second-order valence-electron chi connectivity index (χ2n) is 4.61. The Hall–Kier alpha value is -0.550. The summed E-state index contributed by atoms with van der Waals surface area (Å²) in [5.74, 6) is 1.85. The molecular formula is C12H19N3S2. The predicted octanol–water partition coefficient (Wildman–Crippen LogP) is 3.06. The lowest BCUT2D eigenvalue weighted by Crippen LogP contribution is -2.41. The Balaban J connectivity index is 1.95. The topological polar surface area (TPSA) is 37.3 Å². The zero-order valence-electron chi connectivity index (χ0n) is 10.6. The van der Waals surface area contributed by atoms with Gasteiger partial charge in [0.05, 0.1) is 17.7 Å². The third-order valence-electron chi connectivity index (χ3n) is 2.99. The van der Waals surface area contributed by atoms with Gasteiger partial charge in [0.1, 0.15) is 0 Å². The summed E-state index contributed by atoms with van der Waals surface area (Å²) in [5.41, 5.74) is 3.00. The summed E-state index contributed by atoms with van der Waals surface area (Å²) in [6, 6.07) is 0.581. The van der Waals surface area contributed by atoms with Crippen LogP contribution in [0.25, 0.3) is 0 Å². The van der Waals surface area contributed by atoms with E-state index in [4.69, 9.17) is 0 Å². The first-order chi connectivity index (χ1) is 8.16. The van der Waals surface area contributed by atoms with Crippen LogP contribution in [0.1, 0.15) is 30.8 Å². The molecule has 1 aliphatic rings. The molecule has 1 aliphatic heterocycles. The van der Waals surface area contributed by atoms with Crippen LogP contribution in [0, 0.1) is 12.8 Å². The van der Waals surface area contributed by atoms with E-state index in [2.05, 4.69) is 29.1 Å². The minimum Gasteiger partial charge on any atom is -0.362 e. The zero-order valence-corrected chi connectivity index (χ0v) is 12.2. The van der Waals surface area contributed by atoms with Gasteiger partial charge in [-0.1, -0.05) is 25.6 Å². The second-order valence-corrected chi connectivity index (χ2v) is 6.64. The molecule has 17 heavy (non-hydrogen) atoms. The van der Waals surface area contributed by atoms with E-state index in [1.54, 1.807) is 11.3 Å². The summed E-state index contributed by atoms with van der Waals surface area (Å²) in [7, 11) is 0. The first kappa shape index (κ1) is 12.9. The molecule has 0 amide bonds. The molecule has 1 unspecified atom stereocenters. The van der Waals surface area contributed by atoms with Crippen LogP contribution in [0.15, 0.2) is 10.5 Å². The van der Waals surface area contributed by atoms with Crippen LogP contribution in [-0.4, -0.2) is 21.9 Å². The fraction of sp³-hybridized carbons (Fsp3) is 0.667. The van der Waals surface area contributed by atoms with E-state index in [1.165, 1.54) is 17.1 Å². The monoisotopic (exact) mass is 269 g/mol. The highest BCUT2D eigenvalue weighted by Gasteiger charge is 2.20. The standard InChI is InChI=1S/C12H19N3S2/c1-8(2)10-4-5-16-12(15-10)13-6-11-9(3)14-7-17-11/h7-8,10H,4-6H2,1-3H3,(H,13,15). The number of nitrogens with one attached hydrogen (secondary N) is 1. The Morgan fingerprint density at radius 1 is 1.59 bits per heavy atom. The highest BCUT2D eigenvalue weighted by atomic mass is 32.2. The van der Waals surface area contributed by atoms with Gasteiger partial charge in [0.25, 0.3) is 0 Å². The summed E-state index contributed by atoms with van der Waals surface area (Å²) in [6.07, 6.45) is 1.24. The van der Waals surface area contributed by atoms with Crippen molar-refractivity contribution in [3.63, 3.8) is 0 Å². The van der Waals surface area contributed by atoms with Gasteiger partial charge in [-0.15, -0.1) is 11.3 Å². The Morgan fingerprint density at radius 2 is 2.41 bits per heavy atom. The maximum Gasteiger partial charge on any atom is 0.157 e. The lowest BCUT2D eigenvalue weighted by molar-refractivity contribution is 0.442. The van der Waals surface area contributed by atoms with Crippen molar-refractivity contribution >= 4 is 28.3 Å². The van der Waals surface area contributed by atoms with E-state index < -0.39 is 0 Å². The third-order valence-corrected chi connectivity index (χ3v) is 4.87. The van der Waals surface area contributed by atoms with Crippen molar-refractivity contribution in [3.05, 3.63) is 16.1 Å². The largest absolute Gasteiger partial charge is 0.362 e. The quantitative estimate of drug-likeness (QED) is 0.916. The second kappa shape index (κ2) is 5.87. The number of thioether (sulfide) groups is 1. The number of aryl methyl sites for hydroxylation is 1. The van der Waals surface area contributed by atoms with Crippen molar-refractivity contribution in [2.75, 3.05) is 5.75 Å². The average molecular weight is 269 g/mol. The Morgan fingerprint density at radius 3 is 3.06 bits per heavy atom. The minimum absolute atomic E-state index is 0.581. The van der Waals surface area contributed by atoms with Crippen LogP contribution in [0.2, 0.25) is 0 Å². The summed E-state index contributed by atoms with van der Waals surface area (Å²) in [5, 5.41) is 4.63. The van der Waals surface area contributed by atoms with Crippen LogP contribution in [0.5, 0.6) is 0 Å². The van der Waals surface area contributed by atoms with E-state index in [-0.39, 0.29) is 0 Å². The van der Waals surface area contributed by atoms with Crippen molar-refractivity contribution in [1.82, 2.24) is 10.3 Å². The molecular weight excluding hydrogens is 250 g/mol. The molecule has 2 rings (SSSR count). The van der Waals surface area contributed by atoms with E-state index in [1.807, 2.05) is 24.2 Å². The van der Waals surface area contributed by atoms with Crippen molar-refractivity contribution in [2.24, 2.45) is 10.9 Å². The highest BCUT2D eigenvalue weighted by Crippen LogP contribution is 2.20. The minimum atomic E-state index is 0.581. The summed E-state index contributed by atoms with van der Waals surface area (Å²) >= 11 is 3.53. The lowest BCUT2D eigenvalue weighted by atomic mass is 10.0. The molecule has 0 radical (unpaired) electrons. The molecule has 0 aromatic carbocycles. The molecule has 0 spiro atoms. The number of hydrogen-bond acceptors (Lipinski definition) is 4. The molecule has 0 bridgehead atoms. The maximum atomic E-state index is 4.66. The predicted molar refractivity (Wildman–Crippen MR) is 76.8 cm³/mol. The number of rotatable bonds is 3. The van der Waals surface area contributed by atoms with Gasteiger partial charge in [0.15, 0.2) is 5.17 Å². The molecule has 1 aromatic rings. The van der Waals surface area contributed by atoms with Gasteiger partial charge >= 0.3 is 0 Å². The molecule has 5 heteroatoms.